The molecule has 0 bridgehead atoms. The molecule has 2 aromatic rings. The fraction of sp³-hybridized carbons (Fsp3) is 0.0714. The molecule has 0 fully saturated rings. The van der Waals surface area contributed by atoms with Crippen LogP contribution in [0.1, 0.15) is 10.4 Å². The van der Waals surface area contributed by atoms with E-state index in [1.807, 2.05) is 54.9 Å². The number of anilines is 1. The summed E-state index contributed by atoms with van der Waals surface area (Å²) in [5.74, 6) is 0.0691. The summed E-state index contributed by atoms with van der Waals surface area (Å²) in [6.45, 7) is 0. The summed E-state index contributed by atoms with van der Waals surface area (Å²) < 4.78 is 0. The molecule has 17 heavy (non-hydrogen) atoms. The van der Waals surface area contributed by atoms with Crippen molar-refractivity contribution in [3.63, 3.8) is 0 Å². The monoisotopic (exact) mass is 241 g/mol. The Kier molecular flexibility index (Phi) is 2.34. The van der Waals surface area contributed by atoms with E-state index in [2.05, 4.69) is 0 Å². The van der Waals surface area contributed by atoms with E-state index < -0.39 is 0 Å². The van der Waals surface area contributed by atoms with Gasteiger partial charge in [0, 0.05) is 17.5 Å². The minimum Gasteiger partial charge on any atom is -0.311 e. The third kappa shape index (κ3) is 1.59. The molecule has 0 saturated carbocycles. The molecule has 84 valence electrons. The van der Waals surface area contributed by atoms with Gasteiger partial charge in [0.1, 0.15) is 0 Å². The number of carbonyl (C=O) groups excluding carboxylic acids is 1. The minimum atomic E-state index is 0.0691. The fourth-order valence-electron chi connectivity index (χ4n) is 2.05. The average molecular weight is 241 g/mol. The maximum Gasteiger partial charge on any atom is 0.258 e. The highest BCUT2D eigenvalue weighted by Gasteiger charge is 2.28. The van der Waals surface area contributed by atoms with Crippen LogP contribution in [0.3, 0.4) is 0 Å². The Labute approximate surface area is 104 Å². The van der Waals surface area contributed by atoms with Crippen molar-refractivity contribution in [1.29, 1.82) is 0 Å². The Morgan fingerprint density at radius 3 is 2.76 bits per heavy atom. The van der Waals surface area contributed by atoms with E-state index in [4.69, 9.17) is 0 Å². The van der Waals surface area contributed by atoms with E-state index in [0.717, 1.165) is 21.7 Å². The number of fused-ring (bicyclic) bond motifs is 1. The van der Waals surface area contributed by atoms with Gasteiger partial charge in [-0.05, 0) is 23.6 Å². The number of thiophene rings is 1. The molecular weight excluding hydrogens is 230 g/mol. The first-order chi connectivity index (χ1) is 8.27. The van der Waals surface area contributed by atoms with Gasteiger partial charge in [0.2, 0.25) is 0 Å². The quantitative estimate of drug-likeness (QED) is 0.702. The molecule has 3 heteroatoms. The molecule has 1 aliphatic rings. The van der Waals surface area contributed by atoms with Crippen molar-refractivity contribution in [1.82, 2.24) is 0 Å². The van der Waals surface area contributed by atoms with Crippen LogP contribution >= 0.6 is 11.3 Å². The molecular formula is C14H11NOS. The Morgan fingerprint density at radius 2 is 2.00 bits per heavy atom. The van der Waals surface area contributed by atoms with E-state index >= 15 is 0 Å². The predicted octanol–water partition coefficient (Wildman–Crippen LogP) is 3.27. The van der Waals surface area contributed by atoms with Gasteiger partial charge in [-0.3, -0.25) is 4.79 Å². The summed E-state index contributed by atoms with van der Waals surface area (Å²) in [4.78, 5) is 15.0. The summed E-state index contributed by atoms with van der Waals surface area (Å²) in [5.41, 5.74) is 2.79. The van der Waals surface area contributed by atoms with Crippen molar-refractivity contribution >= 4 is 34.6 Å². The van der Waals surface area contributed by atoms with Crippen molar-refractivity contribution in [3.05, 3.63) is 52.2 Å². The zero-order chi connectivity index (χ0) is 11.8. The first-order valence-electron chi connectivity index (χ1n) is 5.40. The van der Waals surface area contributed by atoms with E-state index in [0.29, 0.717) is 0 Å². The van der Waals surface area contributed by atoms with E-state index in [-0.39, 0.29) is 5.91 Å². The SMILES string of the molecule is CN1C(=O)/C(=C\c2cccs2)c2ccccc21. The smallest absolute Gasteiger partial charge is 0.258 e. The van der Waals surface area contributed by atoms with Gasteiger partial charge in [0.05, 0.1) is 11.3 Å². The van der Waals surface area contributed by atoms with Crippen molar-refractivity contribution < 1.29 is 4.79 Å². The van der Waals surface area contributed by atoms with Gasteiger partial charge in [-0.2, -0.15) is 0 Å². The highest BCUT2D eigenvalue weighted by molar-refractivity contribution is 7.11. The highest BCUT2D eigenvalue weighted by atomic mass is 32.1. The zero-order valence-electron chi connectivity index (χ0n) is 9.38. The molecule has 0 N–H and O–H groups in total. The topological polar surface area (TPSA) is 20.3 Å². The second-order valence-corrected chi connectivity index (χ2v) is 4.93. The van der Waals surface area contributed by atoms with Crippen LogP contribution in [0.25, 0.3) is 11.6 Å². The Hall–Kier alpha value is -1.87. The van der Waals surface area contributed by atoms with Gasteiger partial charge < -0.3 is 4.90 Å². The van der Waals surface area contributed by atoms with E-state index in [1.165, 1.54) is 0 Å². The molecule has 0 saturated heterocycles. The maximum absolute atomic E-state index is 12.2. The first kappa shape index (κ1) is 10.3. The Balaban J connectivity index is 2.16. The molecule has 2 heterocycles. The summed E-state index contributed by atoms with van der Waals surface area (Å²) in [7, 11) is 1.82. The van der Waals surface area contributed by atoms with Crippen LogP contribution in [0.5, 0.6) is 0 Å². The van der Waals surface area contributed by atoms with Crippen LogP contribution in [0.15, 0.2) is 41.8 Å². The summed E-state index contributed by atoms with van der Waals surface area (Å²) in [6.07, 6.45) is 1.97. The highest BCUT2D eigenvalue weighted by Crippen LogP contribution is 2.36. The second kappa shape index (κ2) is 3.86. The molecule has 1 aliphatic heterocycles. The molecule has 1 aromatic carbocycles. The Bertz CT molecular complexity index is 598. The molecule has 1 amide bonds. The van der Waals surface area contributed by atoms with Crippen molar-refractivity contribution in [2.45, 2.75) is 0 Å². The van der Waals surface area contributed by atoms with Crippen LogP contribution in [0.4, 0.5) is 5.69 Å². The van der Waals surface area contributed by atoms with Crippen molar-refractivity contribution in [3.8, 4) is 0 Å². The number of carbonyl (C=O) groups is 1. The molecule has 2 nitrogen and oxygen atoms in total. The van der Waals surface area contributed by atoms with Gasteiger partial charge in [0.25, 0.3) is 5.91 Å². The lowest BCUT2D eigenvalue weighted by Gasteiger charge is -2.07. The number of likely N-dealkylation sites (N-methyl/N-ethyl adjacent to an activating group) is 1. The van der Waals surface area contributed by atoms with Crippen LogP contribution in [0, 0.1) is 0 Å². The lowest BCUT2D eigenvalue weighted by molar-refractivity contribution is -0.112. The Morgan fingerprint density at radius 1 is 1.18 bits per heavy atom. The van der Waals surface area contributed by atoms with Crippen LogP contribution in [-0.2, 0) is 4.79 Å². The van der Waals surface area contributed by atoms with E-state index in [1.54, 1.807) is 16.2 Å². The zero-order valence-corrected chi connectivity index (χ0v) is 10.2. The minimum absolute atomic E-state index is 0.0691. The van der Waals surface area contributed by atoms with Gasteiger partial charge in [0.15, 0.2) is 0 Å². The number of amides is 1. The standard InChI is InChI=1S/C14H11NOS/c1-15-13-7-3-2-6-11(13)12(14(15)16)9-10-5-4-8-17-10/h2-9H,1H3/b12-9-. The molecule has 0 unspecified atom stereocenters. The third-order valence-electron chi connectivity index (χ3n) is 2.92. The van der Waals surface area contributed by atoms with Gasteiger partial charge in [-0.1, -0.05) is 24.3 Å². The van der Waals surface area contributed by atoms with E-state index in [9.17, 15) is 4.79 Å². The third-order valence-corrected chi connectivity index (χ3v) is 3.74. The first-order valence-corrected chi connectivity index (χ1v) is 6.28. The number of benzene rings is 1. The summed E-state index contributed by atoms with van der Waals surface area (Å²) in [6, 6.07) is 11.9. The summed E-state index contributed by atoms with van der Waals surface area (Å²) >= 11 is 1.64. The normalized spacial score (nSPS) is 16.6. The molecule has 0 atom stereocenters. The lowest BCUT2D eigenvalue weighted by atomic mass is 10.1. The van der Waals surface area contributed by atoms with Crippen LogP contribution < -0.4 is 4.90 Å². The number of para-hydroxylation sites is 1. The van der Waals surface area contributed by atoms with Crippen LogP contribution in [-0.4, -0.2) is 13.0 Å². The molecule has 0 spiro atoms. The average Bonchev–Trinajstić information content (AvgIpc) is 2.94. The van der Waals surface area contributed by atoms with Gasteiger partial charge in [-0.25, -0.2) is 0 Å². The number of hydrogen-bond acceptors (Lipinski definition) is 2. The summed E-state index contributed by atoms with van der Waals surface area (Å²) in [5, 5.41) is 2.02. The second-order valence-electron chi connectivity index (χ2n) is 3.95. The van der Waals surface area contributed by atoms with Crippen LogP contribution in [0.2, 0.25) is 0 Å². The largest absolute Gasteiger partial charge is 0.311 e. The van der Waals surface area contributed by atoms with Gasteiger partial charge >= 0.3 is 0 Å². The fourth-order valence-corrected chi connectivity index (χ4v) is 2.71. The lowest BCUT2D eigenvalue weighted by Crippen LogP contribution is -2.20. The predicted molar refractivity (Wildman–Crippen MR) is 72.0 cm³/mol. The number of nitrogens with zero attached hydrogens (tertiary/aromatic N) is 1. The number of hydrogen-bond donors (Lipinski definition) is 0. The maximum atomic E-state index is 12.2. The molecule has 1 aromatic heterocycles. The van der Waals surface area contributed by atoms with Crippen molar-refractivity contribution in [2.75, 3.05) is 11.9 Å². The van der Waals surface area contributed by atoms with Crippen molar-refractivity contribution in [2.24, 2.45) is 0 Å². The molecule has 0 radical (unpaired) electrons. The molecule has 0 aliphatic carbocycles. The van der Waals surface area contributed by atoms with Gasteiger partial charge in [-0.15, -0.1) is 11.3 Å². The molecule has 3 rings (SSSR count). The number of rotatable bonds is 1.